The summed E-state index contributed by atoms with van der Waals surface area (Å²) in [5.41, 5.74) is 1.36. The number of amides is 1. The Labute approximate surface area is 101 Å². The number of aryl methyl sites for hydroxylation is 1. The van der Waals surface area contributed by atoms with Gasteiger partial charge in [-0.15, -0.1) is 0 Å². The van der Waals surface area contributed by atoms with E-state index in [0.29, 0.717) is 25.1 Å². The van der Waals surface area contributed by atoms with Gasteiger partial charge in [0, 0.05) is 25.3 Å². The van der Waals surface area contributed by atoms with Crippen LogP contribution in [0.3, 0.4) is 0 Å². The van der Waals surface area contributed by atoms with Crippen LogP contribution in [-0.4, -0.2) is 40.7 Å². The monoisotopic (exact) mass is 237 g/mol. The van der Waals surface area contributed by atoms with Gasteiger partial charge in [0.05, 0.1) is 0 Å². The molecule has 4 nitrogen and oxygen atoms in total. The van der Waals surface area contributed by atoms with Crippen molar-refractivity contribution in [3.8, 4) is 5.75 Å². The third kappa shape index (κ3) is 3.46. The predicted octanol–water partition coefficient (Wildman–Crippen LogP) is 1.55. The highest BCUT2D eigenvalue weighted by molar-refractivity contribution is 5.95. The first kappa shape index (κ1) is 13.5. The zero-order valence-corrected chi connectivity index (χ0v) is 10.3. The van der Waals surface area contributed by atoms with Crippen LogP contribution >= 0.6 is 0 Å². The number of carbonyl (C=O) groups is 1. The van der Waals surface area contributed by atoms with Gasteiger partial charge in [-0.2, -0.15) is 0 Å². The van der Waals surface area contributed by atoms with Crippen molar-refractivity contribution in [2.45, 2.75) is 20.3 Å². The fourth-order valence-electron chi connectivity index (χ4n) is 1.72. The molecule has 0 heterocycles. The van der Waals surface area contributed by atoms with Gasteiger partial charge in [0.25, 0.3) is 5.91 Å². The van der Waals surface area contributed by atoms with Gasteiger partial charge in [-0.3, -0.25) is 4.79 Å². The molecule has 0 spiro atoms. The molecule has 17 heavy (non-hydrogen) atoms. The van der Waals surface area contributed by atoms with Crippen molar-refractivity contribution in [3.63, 3.8) is 0 Å². The topological polar surface area (TPSA) is 60.8 Å². The van der Waals surface area contributed by atoms with E-state index in [9.17, 15) is 9.90 Å². The van der Waals surface area contributed by atoms with Crippen LogP contribution in [0.25, 0.3) is 0 Å². The smallest absolute Gasteiger partial charge is 0.254 e. The van der Waals surface area contributed by atoms with Gasteiger partial charge in [-0.1, -0.05) is 0 Å². The number of hydrogen-bond acceptors (Lipinski definition) is 3. The predicted molar refractivity (Wildman–Crippen MR) is 66.1 cm³/mol. The minimum Gasteiger partial charge on any atom is -0.508 e. The Bertz CT molecular complexity index is 390. The summed E-state index contributed by atoms with van der Waals surface area (Å²) in [4.78, 5) is 13.9. The average molecular weight is 237 g/mol. The van der Waals surface area contributed by atoms with E-state index in [-0.39, 0.29) is 18.3 Å². The molecular weight excluding hydrogens is 218 g/mol. The number of aromatic hydroxyl groups is 1. The molecule has 0 aromatic heterocycles. The number of phenolic OH excluding ortho intramolecular Hbond substituents is 1. The van der Waals surface area contributed by atoms with Crippen molar-refractivity contribution < 1.29 is 15.0 Å². The molecule has 0 saturated carbocycles. The Balaban J connectivity index is 2.86. The van der Waals surface area contributed by atoms with Crippen molar-refractivity contribution in [3.05, 3.63) is 29.3 Å². The number of rotatable bonds is 5. The Morgan fingerprint density at radius 1 is 1.41 bits per heavy atom. The summed E-state index contributed by atoms with van der Waals surface area (Å²) >= 11 is 0. The molecule has 4 heteroatoms. The first-order valence-electron chi connectivity index (χ1n) is 5.80. The van der Waals surface area contributed by atoms with E-state index < -0.39 is 0 Å². The van der Waals surface area contributed by atoms with Crippen LogP contribution in [-0.2, 0) is 0 Å². The zero-order chi connectivity index (χ0) is 12.8. The maximum atomic E-state index is 12.2. The Morgan fingerprint density at radius 2 is 2.12 bits per heavy atom. The van der Waals surface area contributed by atoms with Crippen LogP contribution in [0.5, 0.6) is 5.75 Å². The lowest BCUT2D eigenvalue weighted by Gasteiger charge is -2.21. The summed E-state index contributed by atoms with van der Waals surface area (Å²) in [6.45, 7) is 4.95. The molecule has 0 bridgehead atoms. The van der Waals surface area contributed by atoms with Gasteiger partial charge in [-0.25, -0.2) is 0 Å². The van der Waals surface area contributed by atoms with Crippen LogP contribution in [0.2, 0.25) is 0 Å². The van der Waals surface area contributed by atoms with Crippen molar-refractivity contribution in [2.24, 2.45) is 0 Å². The third-order valence-electron chi connectivity index (χ3n) is 2.70. The van der Waals surface area contributed by atoms with Crippen LogP contribution in [0.15, 0.2) is 18.2 Å². The summed E-state index contributed by atoms with van der Waals surface area (Å²) in [6.07, 6.45) is 0.580. The summed E-state index contributed by atoms with van der Waals surface area (Å²) in [5, 5.41) is 18.1. The lowest BCUT2D eigenvalue weighted by atomic mass is 10.1. The number of benzene rings is 1. The number of nitrogens with zero attached hydrogens (tertiary/aromatic N) is 1. The van der Waals surface area contributed by atoms with Crippen molar-refractivity contribution in [1.29, 1.82) is 0 Å². The fourth-order valence-corrected chi connectivity index (χ4v) is 1.72. The van der Waals surface area contributed by atoms with E-state index in [4.69, 9.17) is 5.11 Å². The second-order valence-corrected chi connectivity index (χ2v) is 3.96. The molecule has 94 valence electrons. The van der Waals surface area contributed by atoms with E-state index in [2.05, 4.69) is 0 Å². The van der Waals surface area contributed by atoms with E-state index in [1.54, 1.807) is 24.0 Å². The number of aliphatic hydroxyl groups is 1. The quantitative estimate of drug-likeness (QED) is 0.816. The number of aliphatic hydroxyl groups excluding tert-OH is 1. The number of hydrogen-bond donors (Lipinski definition) is 2. The third-order valence-corrected chi connectivity index (χ3v) is 2.70. The van der Waals surface area contributed by atoms with Crippen LogP contribution in [0, 0.1) is 6.92 Å². The van der Waals surface area contributed by atoms with E-state index in [1.807, 2.05) is 6.92 Å². The molecule has 0 aliphatic heterocycles. The second-order valence-electron chi connectivity index (χ2n) is 3.96. The van der Waals surface area contributed by atoms with Gasteiger partial charge in [-0.05, 0) is 44.0 Å². The maximum Gasteiger partial charge on any atom is 0.254 e. The van der Waals surface area contributed by atoms with Gasteiger partial charge >= 0.3 is 0 Å². The first-order valence-corrected chi connectivity index (χ1v) is 5.80. The van der Waals surface area contributed by atoms with Gasteiger partial charge in [0.2, 0.25) is 0 Å². The van der Waals surface area contributed by atoms with Crippen LogP contribution < -0.4 is 0 Å². The maximum absolute atomic E-state index is 12.2. The minimum absolute atomic E-state index is 0.0570. The highest BCUT2D eigenvalue weighted by atomic mass is 16.3. The molecule has 0 aliphatic rings. The minimum atomic E-state index is -0.0570. The average Bonchev–Trinajstić information content (AvgIpc) is 2.29. The van der Waals surface area contributed by atoms with Gasteiger partial charge < -0.3 is 15.1 Å². The largest absolute Gasteiger partial charge is 0.508 e. The van der Waals surface area contributed by atoms with E-state index >= 15 is 0 Å². The molecule has 0 aliphatic carbocycles. The molecule has 1 aromatic carbocycles. The Kier molecular flexibility index (Phi) is 4.97. The molecule has 0 fully saturated rings. The van der Waals surface area contributed by atoms with Crippen LogP contribution in [0.1, 0.15) is 29.3 Å². The van der Waals surface area contributed by atoms with E-state index in [1.165, 1.54) is 6.07 Å². The number of phenols is 1. The van der Waals surface area contributed by atoms with Crippen molar-refractivity contribution in [1.82, 2.24) is 4.90 Å². The van der Waals surface area contributed by atoms with Gasteiger partial charge in [0.1, 0.15) is 5.75 Å². The summed E-state index contributed by atoms with van der Waals surface area (Å²) in [6, 6.07) is 4.72. The molecule has 1 aromatic rings. The van der Waals surface area contributed by atoms with Gasteiger partial charge in [0.15, 0.2) is 0 Å². The molecule has 1 rings (SSSR count). The summed E-state index contributed by atoms with van der Waals surface area (Å²) in [5.74, 6) is 0.107. The molecule has 0 saturated heterocycles. The standard InChI is InChI=1S/C13H19NO3/c1-3-14(7-4-8-15)13(17)12-6-5-11(16)9-10(12)2/h5-6,9,15-16H,3-4,7-8H2,1-2H3. The highest BCUT2D eigenvalue weighted by Gasteiger charge is 2.15. The lowest BCUT2D eigenvalue weighted by molar-refractivity contribution is 0.0753. The highest BCUT2D eigenvalue weighted by Crippen LogP contribution is 2.17. The molecule has 0 atom stereocenters. The van der Waals surface area contributed by atoms with Crippen LogP contribution in [0.4, 0.5) is 0 Å². The molecule has 0 unspecified atom stereocenters. The second kappa shape index (κ2) is 6.25. The molecule has 2 N–H and O–H groups in total. The molecule has 0 radical (unpaired) electrons. The summed E-state index contributed by atoms with van der Waals surface area (Å²) < 4.78 is 0. The normalized spacial score (nSPS) is 10.3. The number of carbonyl (C=O) groups excluding carboxylic acids is 1. The van der Waals surface area contributed by atoms with E-state index in [0.717, 1.165) is 5.56 Å². The lowest BCUT2D eigenvalue weighted by Crippen LogP contribution is -2.32. The zero-order valence-electron chi connectivity index (χ0n) is 10.3. The van der Waals surface area contributed by atoms with Crippen molar-refractivity contribution >= 4 is 5.91 Å². The Morgan fingerprint density at radius 3 is 2.65 bits per heavy atom. The Hall–Kier alpha value is -1.55. The SMILES string of the molecule is CCN(CCCO)C(=O)c1ccc(O)cc1C. The van der Waals surface area contributed by atoms with Crippen molar-refractivity contribution in [2.75, 3.05) is 19.7 Å². The summed E-state index contributed by atoms with van der Waals surface area (Å²) in [7, 11) is 0. The fraction of sp³-hybridized carbons (Fsp3) is 0.462. The molecule has 1 amide bonds. The first-order chi connectivity index (χ1) is 8.10. The molecular formula is C13H19NO3.